The van der Waals surface area contributed by atoms with E-state index in [0.29, 0.717) is 0 Å². The maximum Gasteiger partial charge on any atom is 0.115 e. The van der Waals surface area contributed by atoms with Gasteiger partial charge in [0, 0.05) is 17.7 Å². The molecule has 96 valence electrons. The van der Waals surface area contributed by atoms with Crippen LogP contribution in [0.15, 0.2) is 48.8 Å². The summed E-state index contributed by atoms with van der Waals surface area (Å²) in [5, 5.41) is 0. The second kappa shape index (κ2) is 4.01. The SMILES string of the molecule is C=C1C(C2=CCc3ncnc(C)c32)=Cc2ccccc21. The van der Waals surface area contributed by atoms with Crippen LogP contribution in [0.5, 0.6) is 0 Å². The molecule has 1 aromatic carbocycles. The highest BCUT2D eigenvalue weighted by atomic mass is 14.8. The highest BCUT2D eigenvalue weighted by Gasteiger charge is 2.26. The molecule has 0 saturated heterocycles. The van der Waals surface area contributed by atoms with E-state index < -0.39 is 0 Å². The second-order valence-corrected chi connectivity index (χ2v) is 5.23. The quantitative estimate of drug-likeness (QED) is 0.776. The average molecular weight is 258 g/mol. The molecule has 2 aliphatic carbocycles. The maximum absolute atomic E-state index is 4.40. The van der Waals surface area contributed by atoms with Gasteiger partial charge in [-0.15, -0.1) is 0 Å². The zero-order valence-electron chi connectivity index (χ0n) is 11.4. The minimum atomic E-state index is 0.884. The molecule has 1 heterocycles. The highest BCUT2D eigenvalue weighted by Crippen LogP contribution is 2.44. The third kappa shape index (κ3) is 1.45. The zero-order valence-corrected chi connectivity index (χ0v) is 11.4. The van der Waals surface area contributed by atoms with Gasteiger partial charge in [0.1, 0.15) is 6.33 Å². The van der Waals surface area contributed by atoms with Crippen molar-refractivity contribution in [3.63, 3.8) is 0 Å². The Morgan fingerprint density at radius 3 is 2.80 bits per heavy atom. The Hall–Kier alpha value is -2.48. The Kier molecular flexibility index (Phi) is 2.27. The molecule has 1 aromatic heterocycles. The first-order valence-corrected chi connectivity index (χ1v) is 6.77. The molecule has 20 heavy (non-hydrogen) atoms. The second-order valence-electron chi connectivity index (χ2n) is 5.23. The topological polar surface area (TPSA) is 25.8 Å². The van der Waals surface area contributed by atoms with Gasteiger partial charge in [0.25, 0.3) is 0 Å². The van der Waals surface area contributed by atoms with Crippen molar-refractivity contribution in [2.75, 3.05) is 0 Å². The van der Waals surface area contributed by atoms with Gasteiger partial charge in [-0.2, -0.15) is 0 Å². The zero-order chi connectivity index (χ0) is 13.7. The number of fused-ring (bicyclic) bond motifs is 2. The summed E-state index contributed by atoms with van der Waals surface area (Å²) in [5.74, 6) is 0. The van der Waals surface area contributed by atoms with Crippen molar-refractivity contribution in [3.05, 3.63) is 76.9 Å². The molecule has 0 bridgehead atoms. The molecule has 0 fully saturated rings. The Morgan fingerprint density at radius 2 is 1.95 bits per heavy atom. The Balaban J connectivity index is 1.86. The number of aromatic nitrogens is 2. The molecule has 0 saturated carbocycles. The van der Waals surface area contributed by atoms with Crippen LogP contribution in [0.4, 0.5) is 0 Å². The first-order valence-electron chi connectivity index (χ1n) is 6.77. The first kappa shape index (κ1) is 11.4. The van der Waals surface area contributed by atoms with Gasteiger partial charge in [-0.1, -0.05) is 36.9 Å². The first-order chi connectivity index (χ1) is 9.75. The van der Waals surface area contributed by atoms with Gasteiger partial charge in [-0.05, 0) is 40.8 Å². The van der Waals surface area contributed by atoms with Gasteiger partial charge >= 0.3 is 0 Å². The Labute approximate surface area is 118 Å². The van der Waals surface area contributed by atoms with Gasteiger partial charge in [-0.3, -0.25) is 0 Å². The summed E-state index contributed by atoms with van der Waals surface area (Å²) in [6, 6.07) is 8.40. The lowest BCUT2D eigenvalue weighted by atomic mass is 9.95. The average Bonchev–Trinajstić information content (AvgIpc) is 3.02. The van der Waals surface area contributed by atoms with Crippen molar-refractivity contribution in [3.8, 4) is 0 Å². The third-order valence-electron chi connectivity index (χ3n) is 4.09. The van der Waals surface area contributed by atoms with Gasteiger partial charge in [-0.25, -0.2) is 9.97 Å². The van der Waals surface area contributed by atoms with Crippen LogP contribution in [0.2, 0.25) is 0 Å². The standard InChI is InChI=1S/C18H14N2/c1-11-14-6-4-3-5-13(14)9-16(11)15-7-8-17-18(15)12(2)19-10-20-17/h3-7,9-10H,1,8H2,2H3. The predicted molar refractivity (Wildman–Crippen MR) is 81.9 cm³/mol. The number of nitrogens with zero attached hydrogens (tertiary/aromatic N) is 2. The number of hydrogen-bond acceptors (Lipinski definition) is 2. The van der Waals surface area contributed by atoms with E-state index >= 15 is 0 Å². The molecule has 0 spiro atoms. The summed E-state index contributed by atoms with van der Waals surface area (Å²) in [6.45, 7) is 6.32. The Morgan fingerprint density at radius 1 is 1.10 bits per heavy atom. The molecule has 4 rings (SSSR count). The smallest absolute Gasteiger partial charge is 0.115 e. The molecule has 0 atom stereocenters. The van der Waals surface area contributed by atoms with Crippen LogP contribution in [0.1, 0.15) is 28.1 Å². The van der Waals surface area contributed by atoms with Crippen LogP contribution in [0, 0.1) is 6.92 Å². The van der Waals surface area contributed by atoms with Crippen molar-refractivity contribution in [2.45, 2.75) is 13.3 Å². The normalized spacial score (nSPS) is 15.8. The molecule has 2 nitrogen and oxygen atoms in total. The van der Waals surface area contributed by atoms with Crippen LogP contribution in [-0.4, -0.2) is 9.97 Å². The molecular weight excluding hydrogens is 244 g/mol. The van der Waals surface area contributed by atoms with E-state index in [1.165, 1.54) is 27.8 Å². The lowest BCUT2D eigenvalue weighted by Gasteiger charge is -2.10. The van der Waals surface area contributed by atoms with Gasteiger partial charge in [0.15, 0.2) is 0 Å². The van der Waals surface area contributed by atoms with Crippen LogP contribution < -0.4 is 0 Å². The summed E-state index contributed by atoms with van der Waals surface area (Å²) in [6.07, 6.45) is 7.01. The number of rotatable bonds is 1. The number of benzene rings is 1. The molecular formula is C18H14N2. The van der Waals surface area contributed by atoms with E-state index in [-0.39, 0.29) is 0 Å². The summed E-state index contributed by atoms with van der Waals surface area (Å²) >= 11 is 0. The van der Waals surface area contributed by atoms with E-state index in [1.54, 1.807) is 6.33 Å². The number of hydrogen-bond donors (Lipinski definition) is 0. The van der Waals surface area contributed by atoms with Gasteiger partial charge in [0.2, 0.25) is 0 Å². The molecule has 2 aromatic rings. The summed E-state index contributed by atoms with van der Waals surface area (Å²) in [5.41, 5.74) is 9.38. The molecule has 0 unspecified atom stereocenters. The van der Waals surface area contributed by atoms with E-state index in [4.69, 9.17) is 0 Å². The maximum atomic E-state index is 4.40. The Bertz CT molecular complexity index is 810. The van der Waals surface area contributed by atoms with Crippen LogP contribution in [0.3, 0.4) is 0 Å². The van der Waals surface area contributed by atoms with E-state index in [9.17, 15) is 0 Å². The fraction of sp³-hybridized carbons (Fsp3) is 0.111. The minimum absolute atomic E-state index is 0.884. The lowest BCUT2D eigenvalue weighted by molar-refractivity contribution is 1.02. The van der Waals surface area contributed by atoms with Crippen molar-refractivity contribution < 1.29 is 0 Å². The highest BCUT2D eigenvalue weighted by molar-refractivity contribution is 6.08. The largest absolute Gasteiger partial charge is 0.241 e. The summed E-state index contributed by atoms with van der Waals surface area (Å²) in [4.78, 5) is 8.73. The van der Waals surface area contributed by atoms with Crippen LogP contribution in [0.25, 0.3) is 17.2 Å². The minimum Gasteiger partial charge on any atom is -0.241 e. The summed E-state index contributed by atoms with van der Waals surface area (Å²) < 4.78 is 0. The molecule has 0 amide bonds. The lowest BCUT2D eigenvalue weighted by Crippen LogP contribution is -1.97. The fourth-order valence-electron chi connectivity index (χ4n) is 3.10. The van der Waals surface area contributed by atoms with E-state index in [1.807, 2.05) is 6.92 Å². The number of aryl methyl sites for hydroxylation is 1. The molecule has 2 heteroatoms. The van der Waals surface area contributed by atoms with Gasteiger partial charge < -0.3 is 0 Å². The summed E-state index contributed by atoms with van der Waals surface area (Å²) in [7, 11) is 0. The van der Waals surface area contributed by atoms with Crippen molar-refractivity contribution >= 4 is 17.2 Å². The third-order valence-corrected chi connectivity index (χ3v) is 4.09. The monoisotopic (exact) mass is 258 g/mol. The van der Waals surface area contributed by atoms with E-state index in [0.717, 1.165) is 23.4 Å². The van der Waals surface area contributed by atoms with E-state index in [2.05, 4.69) is 53.0 Å². The molecule has 0 N–H and O–H groups in total. The molecule has 0 aliphatic heterocycles. The molecule has 0 radical (unpaired) electrons. The van der Waals surface area contributed by atoms with Gasteiger partial charge in [0.05, 0.1) is 5.69 Å². The van der Waals surface area contributed by atoms with Crippen molar-refractivity contribution in [2.24, 2.45) is 0 Å². The fourth-order valence-corrected chi connectivity index (χ4v) is 3.10. The predicted octanol–water partition coefficient (Wildman–Crippen LogP) is 3.83. The number of allylic oxidation sites excluding steroid dienone is 4. The van der Waals surface area contributed by atoms with Crippen molar-refractivity contribution in [1.29, 1.82) is 0 Å². The molecule has 2 aliphatic rings. The van der Waals surface area contributed by atoms with Crippen LogP contribution in [-0.2, 0) is 6.42 Å². The van der Waals surface area contributed by atoms with Crippen LogP contribution >= 0.6 is 0 Å². The van der Waals surface area contributed by atoms with Crippen molar-refractivity contribution in [1.82, 2.24) is 9.97 Å².